The Bertz CT molecular complexity index is 958. The topological polar surface area (TPSA) is 89.5 Å². The predicted octanol–water partition coefficient (Wildman–Crippen LogP) is 2.88. The molecule has 25 heavy (non-hydrogen) atoms. The number of rotatable bonds is 5. The first-order chi connectivity index (χ1) is 12.0. The van der Waals surface area contributed by atoms with Crippen LogP contribution in [0.25, 0.3) is 11.7 Å². The molecule has 2 aromatic heterocycles. The first-order valence-electron chi connectivity index (χ1n) is 7.67. The predicted molar refractivity (Wildman–Crippen MR) is 93.9 cm³/mol. The molecule has 0 aliphatic carbocycles. The number of imidazole rings is 1. The molecule has 126 valence electrons. The van der Waals surface area contributed by atoms with Gasteiger partial charge in [0.05, 0.1) is 22.9 Å². The van der Waals surface area contributed by atoms with Crippen LogP contribution in [0.1, 0.15) is 17.0 Å². The molecular formula is C18H16N4O3. The second kappa shape index (κ2) is 6.96. The van der Waals surface area contributed by atoms with Crippen molar-refractivity contribution in [3.05, 3.63) is 81.8 Å². The summed E-state index contributed by atoms with van der Waals surface area (Å²) in [7, 11) is 0. The number of hydrogen-bond acceptors (Lipinski definition) is 4. The van der Waals surface area contributed by atoms with Crippen molar-refractivity contribution < 1.29 is 9.72 Å². The molecule has 7 nitrogen and oxygen atoms in total. The van der Waals surface area contributed by atoms with Gasteiger partial charge in [-0.2, -0.15) is 0 Å². The van der Waals surface area contributed by atoms with E-state index in [1.165, 1.54) is 18.2 Å². The van der Waals surface area contributed by atoms with Crippen LogP contribution in [-0.4, -0.2) is 20.2 Å². The van der Waals surface area contributed by atoms with E-state index in [1.807, 2.05) is 35.7 Å². The zero-order valence-corrected chi connectivity index (χ0v) is 13.5. The molecule has 7 heteroatoms. The Kier molecular flexibility index (Phi) is 4.56. The first kappa shape index (κ1) is 16.4. The molecule has 1 N–H and O–H groups in total. The third-order valence-corrected chi connectivity index (χ3v) is 3.79. The van der Waals surface area contributed by atoms with Gasteiger partial charge >= 0.3 is 0 Å². The normalized spacial score (nSPS) is 11.1. The molecule has 3 aromatic rings. The van der Waals surface area contributed by atoms with Gasteiger partial charge in [0.25, 0.3) is 5.69 Å². The maximum Gasteiger partial charge on any atom is 0.269 e. The van der Waals surface area contributed by atoms with E-state index < -0.39 is 4.92 Å². The van der Waals surface area contributed by atoms with Crippen molar-refractivity contribution in [1.29, 1.82) is 0 Å². The first-order valence-corrected chi connectivity index (χ1v) is 7.67. The van der Waals surface area contributed by atoms with Gasteiger partial charge in [-0.1, -0.05) is 6.07 Å². The Morgan fingerprint density at radius 1 is 1.28 bits per heavy atom. The lowest BCUT2D eigenvalue weighted by atomic mass is 10.2. The van der Waals surface area contributed by atoms with Crippen LogP contribution in [0.4, 0.5) is 5.69 Å². The summed E-state index contributed by atoms with van der Waals surface area (Å²) >= 11 is 0. The Morgan fingerprint density at radius 3 is 2.76 bits per heavy atom. The van der Waals surface area contributed by atoms with Gasteiger partial charge < -0.3 is 9.72 Å². The Labute approximate surface area is 143 Å². The van der Waals surface area contributed by atoms with Gasteiger partial charge in [0.1, 0.15) is 5.65 Å². The van der Waals surface area contributed by atoms with Crippen LogP contribution >= 0.6 is 0 Å². The summed E-state index contributed by atoms with van der Waals surface area (Å²) in [6.45, 7) is 2.27. The lowest BCUT2D eigenvalue weighted by Gasteiger charge is -2.04. The molecule has 0 aliphatic heterocycles. The number of hydrogen-bond donors (Lipinski definition) is 1. The monoisotopic (exact) mass is 336 g/mol. The number of nitrogens with zero attached hydrogens (tertiary/aromatic N) is 3. The highest BCUT2D eigenvalue weighted by molar-refractivity contribution is 5.91. The number of nitro groups is 1. The number of amides is 1. The molecule has 0 aliphatic rings. The third kappa shape index (κ3) is 3.72. The highest BCUT2D eigenvalue weighted by Gasteiger charge is 2.08. The largest absolute Gasteiger partial charge is 0.347 e. The summed E-state index contributed by atoms with van der Waals surface area (Å²) < 4.78 is 1.94. The lowest BCUT2D eigenvalue weighted by Crippen LogP contribution is -2.21. The van der Waals surface area contributed by atoms with Gasteiger partial charge in [0.2, 0.25) is 5.91 Å². The highest BCUT2D eigenvalue weighted by atomic mass is 16.6. The van der Waals surface area contributed by atoms with Crippen molar-refractivity contribution in [2.45, 2.75) is 13.5 Å². The van der Waals surface area contributed by atoms with Crippen LogP contribution in [0.2, 0.25) is 0 Å². The zero-order valence-electron chi connectivity index (χ0n) is 13.5. The molecular weight excluding hydrogens is 320 g/mol. The molecule has 0 spiro atoms. The van der Waals surface area contributed by atoms with Crippen molar-refractivity contribution in [3.8, 4) is 0 Å². The number of nitro benzene ring substituents is 1. The van der Waals surface area contributed by atoms with Gasteiger partial charge in [0.15, 0.2) is 0 Å². The maximum atomic E-state index is 12.0. The molecule has 0 fully saturated rings. The fourth-order valence-corrected chi connectivity index (χ4v) is 2.49. The molecule has 1 amide bonds. The summed E-state index contributed by atoms with van der Waals surface area (Å²) in [5.74, 6) is -0.247. The summed E-state index contributed by atoms with van der Waals surface area (Å²) in [5, 5.41) is 13.4. The molecule has 0 saturated carbocycles. The fourth-order valence-electron chi connectivity index (χ4n) is 2.49. The fraction of sp³-hybridized carbons (Fsp3) is 0.111. The average Bonchev–Trinajstić information content (AvgIpc) is 2.93. The molecule has 1 aromatic carbocycles. The Morgan fingerprint density at radius 2 is 2.04 bits per heavy atom. The van der Waals surface area contributed by atoms with Crippen LogP contribution in [-0.2, 0) is 11.3 Å². The quantitative estimate of drug-likeness (QED) is 0.441. The Balaban J connectivity index is 1.64. The SMILES string of the molecule is Cc1nc2ccccn2c1CNC(=O)/C=C/c1ccc([N+](=O)[O-])cc1. The lowest BCUT2D eigenvalue weighted by molar-refractivity contribution is -0.384. The molecule has 3 rings (SSSR count). The van der Waals surface area contributed by atoms with Crippen molar-refractivity contribution >= 4 is 23.3 Å². The minimum Gasteiger partial charge on any atom is -0.347 e. The van der Waals surface area contributed by atoms with Crippen molar-refractivity contribution in [2.75, 3.05) is 0 Å². The maximum absolute atomic E-state index is 12.0. The number of pyridine rings is 1. The second-order valence-corrected chi connectivity index (χ2v) is 5.47. The van der Waals surface area contributed by atoms with Crippen molar-refractivity contribution in [3.63, 3.8) is 0 Å². The average molecular weight is 336 g/mol. The third-order valence-electron chi connectivity index (χ3n) is 3.79. The van der Waals surface area contributed by atoms with Crippen LogP contribution < -0.4 is 5.32 Å². The number of carbonyl (C=O) groups is 1. The molecule has 0 saturated heterocycles. The van der Waals surface area contributed by atoms with E-state index in [0.29, 0.717) is 12.1 Å². The summed E-state index contributed by atoms with van der Waals surface area (Å²) in [4.78, 5) is 26.6. The van der Waals surface area contributed by atoms with E-state index in [2.05, 4.69) is 10.3 Å². The van der Waals surface area contributed by atoms with Gasteiger partial charge in [-0.05, 0) is 42.8 Å². The number of carbonyl (C=O) groups excluding carboxylic acids is 1. The van der Waals surface area contributed by atoms with Crippen molar-refractivity contribution in [2.24, 2.45) is 0 Å². The van der Waals surface area contributed by atoms with Gasteiger partial charge in [0, 0.05) is 24.4 Å². The number of nitrogens with one attached hydrogen (secondary N) is 1. The second-order valence-electron chi connectivity index (χ2n) is 5.47. The molecule has 0 unspecified atom stereocenters. The summed E-state index contributed by atoms with van der Waals surface area (Å²) in [6, 6.07) is 11.7. The van der Waals surface area contributed by atoms with E-state index in [4.69, 9.17) is 0 Å². The van der Waals surface area contributed by atoms with Gasteiger partial charge in [-0.15, -0.1) is 0 Å². The van der Waals surface area contributed by atoms with Crippen LogP contribution in [0, 0.1) is 17.0 Å². The van der Waals surface area contributed by atoms with E-state index in [-0.39, 0.29) is 11.6 Å². The van der Waals surface area contributed by atoms with Crippen molar-refractivity contribution in [1.82, 2.24) is 14.7 Å². The smallest absolute Gasteiger partial charge is 0.269 e. The highest BCUT2D eigenvalue weighted by Crippen LogP contribution is 2.13. The number of aryl methyl sites for hydroxylation is 1. The number of non-ortho nitro benzene ring substituents is 1. The number of benzene rings is 1. The summed E-state index contributed by atoms with van der Waals surface area (Å²) in [5.41, 5.74) is 3.36. The number of fused-ring (bicyclic) bond motifs is 1. The van der Waals surface area contributed by atoms with E-state index in [9.17, 15) is 14.9 Å². The Hall–Kier alpha value is -3.48. The van der Waals surface area contributed by atoms with Gasteiger partial charge in [-0.25, -0.2) is 4.98 Å². The minimum absolute atomic E-state index is 0.0182. The van der Waals surface area contributed by atoms with Crippen LogP contribution in [0.5, 0.6) is 0 Å². The van der Waals surface area contributed by atoms with Crippen LogP contribution in [0.15, 0.2) is 54.7 Å². The summed E-state index contributed by atoms with van der Waals surface area (Å²) in [6.07, 6.45) is 4.92. The van der Waals surface area contributed by atoms with E-state index in [0.717, 1.165) is 17.0 Å². The van der Waals surface area contributed by atoms with E-state index >= 15 is 0 Å². The van der Waals surface area contributed by atoms with Gasteiger partial charge in [-0.3, -0.25) is 14.9 Å². The zero-order chi connectivity index (χ0) is 17.8. The molecule has 2 heterocycles. The molecule has 0 bridgehead atoms. The standard InChI is InChI=1S/C18H16N4O3/c1-13-16(21-11-3-2-4-17(21)20-13)12-19-18(23)10-7-14-5-8-15(9-6-14)22(24)25/h2-11H,12H2,1H3,(H,19,23)/b10-7+. The molecule has 0 radical (unpaired) electrons. The van der Waals surface area contributed by atoms with Crippen LogP contribution in [0.3, 0.4) is 0 Å². The molecule has 0 atom stereocenters. The number of aromatic nitrogens is 2. The minimum atomic E-state index is -0.460. The van der Waals surface area contributed by atoms with E-state index in [1.54, 1.807) is 18.2 Å².